The summed E-state index contributed by atoms with van der Waals surface area (Å²) in [6, 6.07) is 3.26. The Labute approximate surface area is 109 Å². The topological polar surface area (TPSA) is 37.4 Å². The van der Waals surface area contributed by atoms with Crippen LogP contribution in [0.25, 0.3) is 0 Å². The number of carbonyl (C=O) groups excluding carboxylic acids is 2. The Bertz CT molecular complexity index is 422. The van der Waals surface area contributed by atoms with Crippen LogP contribution in [-0.2, 0) is 4.79 Å². The number of hydrogen-bond acceptors (Lipinski definition) is 3. The van der Waals surface area contributed by atoms with Gasteiger partial charge in [-0.3, -0.25) is 9.59 Å². The third-order valence-electron chi connectivity index (χ3n) is 2.88. The van der Waals surface area contributed by atoms with Gasteiger partial charge in [0, 0.05) is 13.1 Å². The van der Waals surface area contributed by atoms with Crippen LogP contribution in [0.2, 0.25) is 4.34 Å². The van der Waals surface area contributed by atoms with Gasteiger partial charge in [0.15, 0.2) is 0 Å². The summed E-state index contributed by atoms with van der Waals surface area (Å²) in [6.07, 6.45) is 4.26. The number of ketones is 1. The summed E-state index contributed by atoms with van der Waals surface area (Å²) in [6.45, 7) is 1.40. The molecule has 17 heavy (non-hydrogen) atoms. The molecule has 1 aromatic heterocycles. The number of Topliss-reactive ketones (excluding diaryl/α,β-unsaturated/α-hetero) is 1. The first kappa shape index (κ1) is 12.6. The zero-order chi connectivity index (χ0) is 12.3. The van der Waals surface area contributed by atoms with Gasteiger partial charge in [0.1, 0.15) is 0 Å². The lowest BCUT2D eigenvalue weighted by Gasteiger charge is -2.18. The van der Waals surface area contributed by atoms with Crippen LogP contribution in [0.1, 0.15) is 35.4 Å². The molecule has 0 bridgehead atoms. The smallest absolute Gasteiger partial charge is 0.295 e. The van der Waals surface area contributed by atoms with Crippen LogP contribution >= 0.6 is 22.9 Å². The standard InChI is InChI=1S/C12H14ClNO2S/c13-10-6-5-9(17-10)11(15)12(16)14-7-3-1-2-4-8-14/h5-6H,1-4,7-8H2. The molecule has 3 nitrogen and oxygen atoms in total. The van der Waals surface area contributed by atoms with Crippen LogP contribution < -0.4 is 0 Å². The van der Waals surface area contributed by atoms with Gasteiger partial charge in [-0.25, -0.2) is 0 Å². The summed E-state index contributed by atoms with van der Waals surface area (Å²) in [5.74, 6) is -0.811. The van der Waals surface area contributed by atoms with Crippen LogP contribution in [0.4, 0.5) is 0 Å². The molecule has 5 heteroatoms. The maximum atomic E-state index is 12.0. The molecule has 0 unspecified atom stereocenters. The van der Waals surface area contributed by atoms with E-state index < -0.39 is 5.78 Å². The van der Waals surface area contributed by atoms with Crippen molar-refractivity contribution in [2.75, 3.05) is 13.1 Å². The van der Waals surface area contributed by atoms with Crippen molar-refractivity contribution in [3.63, 3.8) is 0 Å². The second-order valence-electron chi connectivity index (χ2n) is 4.14. The van der Waals surface area contributed by atoms with E-state index in [2.05, 4.69) is 0 Å². The van der Waals surface area contributed by atoms with Gasteiger partial charge >= 0.3 is 0 Å². The molecule has 0 radical (unpaired) electrons. The van der Waals surface area contributed by atoms with Crippen LogP contribution in [0.5, 0.6) is 0 Å². The average Bonchev–Trinajstić information content (AvgIpc) is 2.60. The van der Waals surface area contributed by atoms with Gasteiger partial charge in [0.25, 0.3) is 11.7 Å². The summed E-state index contributed by atoms with van der Waals surface area (Å²) in [7, 11) is 0. The van der Waals surface area contributed by atoms with Gasteiger partial charge in [0.2, 0.25) is 0 Å². The van der Waals surface area contributed by atoms with E-state index in [0.717, 1.165) is 37.0 Å². The van der Waals surface area contributed by atoms with Crippen molar-refractivity contribution in [2.24, 2.45) is 0 Å². The molecule has 0 aromatic carbocycles. The van der Waals surface area contributed by atoms with Crippen molar-refractivity contribution in [3.05, 3.63) is 21.3 Å². The van der Waals surface area contributed by atoms with Crippen LogP contribution in [0.3, 0.4) is 0 Å². The van der Waals surface area contributed by atoms with E-state index in [-0.39, 0.29) is 5.91 Å². The SMILES string of the molecule is O=C(C(=O)N1CCCCCC1)c1ccc(Cl)s1. The largest absolute Gasteiger partial charge is 0.336 e. The molecule has 1 aromatic rings. The summed E-state index contributed by atoms with van der Waals surface area (Å²) in [5, 5.41) is 0. The first-order valence-electron chi connectivity index (χ1n) is 5.77. The van der Waals surface area contributed by atoms with Gasteiger partial charge in [-0.15, -0.1) is 11.3 Å². The minimum Gasteiger partial charge on any atom is -0.336 e. The number of nitrogens with zero attached hydrogens (tertiary/aromatic N) is 1. The van der Waals surface area contributed by atoms with Crippen molar-refractivity contribution in [1.82, 2.24) is 4.90 Å². The Hall–Kier alpha value is -0.870. The van der Waals surface area contributed by atoms with E-state index in [1.807, 2.05) is 0 Å². The minimum atomic E-state index is -0.427. The quantitative estimate of drug-likeness (QED) is 0.613. The molecule has 1 aliphatic rings. The molecule has 1 fully saturated rings. The number of thiophene rings is 1. The highest BCUT2D eigenvalue weighted by Crippen LogP contribution is 2.22. The maximum absolute atomic E-state index is 12.0. The van der Waals surface area contributed by atoms with Gasteiger partial charge in [-0.05, 0) is 25.0 Å². The van der Waals surface area contributed by atoms with Gasteiger partial charge in [-0.1, -0.05) is 24.4 Å². The molecule has 0 N–H and O–H groups in total. The van der Waals surface area contributed by atoms with Gasteiger partial charge in [0.05, 0.1) is 9.21 Å². The van der Waals surface area contributed by atoms with E-state index in [0.29, 0.717) is 22.3 Å². The second-order valence-corrected chi connectivity index (χ2v) is 5.85. The lowest BCUT2D eigenvalue weighted by atomic mass is 10.2. The van der Waals surface area contributed by atoms with Crippen molar-refractivity contribution < 1.29 is 9.59 Å². The second kappa shape index (κ2) is 5.65. The van der Waals surface area contributed by atoms with E-state index in [9.17, 15) is 9.59 Å². The highest BCUT2D eigenvalue weighted by Gasteiger charge is 2.24. The molecule has 1 saturated heterocycles. The highest BCUT2D eigenvalue weighted by molar-refractivity contribution is 7.18. The Morgan fingerprint density at radius 1 is 1.12 bits per heavy atom. The number of likely N-dealkylation sites (tertiary alicyclic amines) is 1. The fourth-order valence-electron chi connectivity index (χ4n) is 1.96. The Balaban J connectivity index is 2.06. The monoisotopic (exact) mass is 271 g/mol. The highest BCUT2D eigenvalue weighted by atomic mass is 35.5. The van der Waals surface area contributed by atoms with E-state index in [1.54, 1.807) is 17.0 Å². The van der Waals surface area contributed by atoms with E-state index >= 15 is 0 Å². The molecule has 0 saturated carbocycles. The number of amides is 1. The van der Waals surface area contributed by atoms with Crippen LogP contribution in [-0.4, -0.2) is 29.7 Å². The third kappa shape index (κ3) is 3.07. The van der Waals surface area contributed by atoms with Crippen molar-refractivity contribution in [2.45, 2.75) is 25.7 Å². The van der Waals surface area contributed by atoms with Crippen molar-refractivity contribution >= 4 is 34.6 Å². The number of halogens is 1. The molecule has 92 valence electrons. The molecule has 1 aliphatic heterocycles. The minimum absolute atomic E-state index is 0.384. The van der Waals surface area contributed by atoms with Gasteiger partial charge < -0.3 is 4.90 Å². The molecular weight excluding hydrogens is 258 g/mol. The van der Waals surface area contributed by atoms with E-state index in [4.69, 9.17) is 11.6 Å². The first-order valence-corrected chi connectivity index (χ1v) is 6.97. The zero-order valence-electron chi connectivity index (χ0n) is 9.45. The third-order valence-corrected chi connectivity index (χ3v) is 4.11. The van der Waals surface area contributed by atoms with Crippen molar-refractivity contribution in [1.29, 1.82) is 0 Å². The van der Waals surface area contributed by atoms with Crippen molar-refractivity contribution in [3.8, 4) is 0 Å². The summed E-state index contributed by atoms with van der Waals surface area (Å²) < 4.78 is 0.539. The Morgan fingerprint density at radius 2 is 1.76 bits per heavy atom. The average molecular weight is 272 g/mol. The van der Waals surface area contributed by atoms with E-state index in [1.165, 1.54) is 0 Å². The molecule has 0 atom stereocenters. The van der Waals surface area contributed by atoms with Crippen LogP contribution in [0, 0.1) is 0 Å². The number of rotatable bonds is 2. The summed E-state index contributed by atoms with van der Waals surface area (Å²) >= 11 is 6.92. The predicted molar refractivity (Wildman–Crippen MR) is 68.7 cm³/mol. The Morgan fingerprint density at radius 3 is 2.29 bits per heavy atom. The lowest BCUT2D eigenvalue weighted by Crippen LogP contribution is -2.36. The first-order chi connectivity index (χ1) is 8.18. The maximum Gasteiger partial charge on any atom is 0.295 e. The summed E-state index contributed by atoms with van der Waals surface area (Å²) in [4.78, 5) is 26.0. The number of hydrogen-bond donors (Lipinski definition) is 0. The molecular formula is C12H14ClNO2S. The number of carbonyl (C=O) groups is 2. The molecule has 0 aliphatic carbocycles. The lowest BCUT2D eigenvalue weighted by molar-refractivity contribution is -0.126. The fraction of sp³-hybridized carbons (Fsp3) is 0.500. The Kier molecular flexibility index (Phi) is 4.18. The normalized spacial score (nSPS) is 16.6. The zero-order valence-corrected chi connectivity index (χ0v) is 11.0. The molecule has 2 rings (SSSR count). The van der Waals surface area contributed by atoms with Crippen LogP contribution in [0.15, 0.2) is 12.1 Å². The molecule has 1 amide bonds. The molecule has 0 spiro atoms. The fourth-order valence-corrected chi connectivity index (χ4v) is 2.93. The predicted octanol–water partition coefficient (Wildman–Crippen LogP) is 2.99. The molecule has 2 heterocycles. The van der Waals surface area contributed by atoms with Gasteiger partial charge in [-0.2, -0.15) is 0 Å². The summed E-state index contributed by atoms with van der Waals surface area (Å²) in [5.41, 5.74) is 0.